The molecule has 0 atom stereocenters. The van der Waals surface area contributed by atoms with Crippen molar-refractivity contribution in [3.63, 3.8) is 0 Å². The smallest absolute Gasteiger partial charge is 0.306 e. The molecule has 0 unspecified atom stereocenters. The number of rotatable bonds is 6. The first kappa shape index (κ1) is 15.9. The molecule has 0 radical (unpaired) electrons. The fourth-order valence-electron chi connectivity index (χ4n) is 2.83. The van der Waals surface area contributed by atoms with Crippen molar-refractivity contribution in [1.82, 2.24) is 5.32 Å². The molecule has 1 fully saturated rings. The van der Waals surface area contributed by atoms with E-state index in [-0.39, 0.29) is 11.7 Å². The second-order valence-electron chi connectivity index (χ2n) is 5.89. The molecule has 0 aromatic heterocycles. The number of hydrogen-bond donors (Lipinski definition) is 3. The highest BCUT2D eigenvalue weighted by Gasteiger charge is 2.35. The van der Waals surface area contributed by atoms with Crippen LogP contribution in [0.3, 0.4) is 0 Å². The Hall–Kier alpha value is -1.46. The van der Waals surface area contributed by atoms with Gasteiger partial charge in [-0.25, -0.2) is 4.39 Å². The van der Waals surface area contributed by atoms with Crippen molar-refractivity contribution in [3.8, 4) is 0 Å². The highest BCUT2D eigenvalue weighted by molar-refractivity contribution is 5.70. The van der Waals surface area contributed by atoms with Crippen LogP contribution in [0.5, 0.6) is 0 Å². The standard InChI is InChI=1S/C16H22FNO3/c17-14-3-1-2-12(10-14)6-9-18-11-16(21)7-4-13(5-8-16)15(19)20/h1-3,10,13,18,21H,4-9,11H2,(H,19,20). The second kappa shape index (κ2) is 7.00. The lowest BCUT2D eigenvalue weighted by molar-refractivity contribution is -0.144. The molecular weight excluding hydrogens is 273 g/mol. The molecule has 0 aliphatic heterocycles. The van der Waals surface area contributed by atoms with Gasteiger partial charge in [-0.1, -0.05) is 12.1 Å². The molecule has 5 heteroatoms. The molecule has 1 aromatic rings. The maximum atomic E-state index is 13.0. The Balaban J connectivity index is 1.70. The van der Waals surface area contributed by atoms with Crippen molar-refractivity contribution in [1.29, 1.82) is 0 Å². The minimum Gasteiger partial charge on any atom is -0.481 e. The molecule has 4 nitrogen and oxygen atoms in total. The predicted molar refractivity (Wildman–Crippen MR) is 77.5 cm³/mol. The van der Waals surface area contributed by atoms with Crippen molar-refractivity contribution in [3.05, 3.63) is 35.6 Å². The summed E-state index contributed by atoms with van der Waals surface area (Å²) >= 11 is 0. The summed E-state index contributed by atoms with van der Waals surface area (Å²) in [6.07, 6.45) is 2.77. The highest BCUT2D eigenvalue weighted by atomic mass is 19.1. The van der Waals surface area contributed by atoms with E-state index in [2.05, 4.69) is 5.32 Å². The van der Waals surface area contributed by atoms with E-state index in [0.717, 1.165) is 5.56 Å². The lowest BCUT2D eigenvalue weighted by atomic mass is 9.79. The highest BCUT2D eigenvalue weighted by Crippen LogP contribution is 2.31. The first-order valence-electron chi connectivity index (χ1n) is 7.39. The molecule has 0 spiro atoms. The van der Waals surface area contributed by atoms with Gasteiger partial charge in [0.25, 0.3) is 0 Å². The normalized spacial score (nSPS) is 25.7. The summed E-state index contributed by atoms with van der Waals surface area (Å²) in [6, 6.07) is 6.48. The van der Waals surface area contributed by atoms with E-state index in [1.54, 1.807) is 6.07 Å². The van der Waals surface area contributed by atoms with Gasteiger partial charge < -0.3 is 15.5 Å². The Morgan fingerprint density at radius 3 is 2.71 bits per heavy atom. The zero-order valence-corrected chi connectivity index (χ0v) is 12.0. The van der Waals surface area contributed by atoms with Gasteiger partial charge in [0.15, 0.2) is 0 Å². The number of aliphatic hydroxyl groups is 1. The van der Waals surface area contributed by atoms with E-state index in [9.17, 15) is 14.3 Å². The first-order chi connectivity index (χ1) is 9.98. The van der Waals surface area contributed by atoms with Crippen molar-refractivity contribution >= 4 is 5.97 Å². The zero-order chi connectivity index (χ0) is 15.3. The minimum absolute atomic E-state index is 0.238. The van der Waals surface area contributed by atoms with Gasteiger partial charge in [-0.15, -0.1) is 0 Å². The third-order valence-corrected chi connectivity index (χ3v) is 4.20. The molecule has 1 aromatic carbocycles. The van der Waals surface area contributed by atoms with Gasteiger partial charge >= 0.3 is 5.97 Å². The van der Waals surface area contributed by atoms with Gasteiger partial charge in [-0.05, 0) is 56.3 Å². The fourth-order valence-corrected chi connectivity index (χ4v) is 2.83. The van der Waals surface area contributed by atoms with Crippen LogP contribution >= 0.6 is 0 Å². The molecular formula is C16H22FNO3. The van der Waals surface area contributed by atoms with Crippen LogP contribution in [-0.4, -0.2) is 34.9 Å². The topological polar surface area (TPSA) is 69.6 Å². The van der Waals surface area contributed by atoms with Gasteiger partial charge in [0.2, 0.25) is 0 Å². The van der Waals surface area contributed by atoms with Crippen molar-refractivity contribution in [2.75, 3.05) is 13.1 Å². The minimum atomic E-state index is -0.812. The molecule has 116 valence electrons. The summed E-state index contributed by atoms with van der Waals surface area (Å²) in [5.74, 6) is -1.33. The number of benzene rings is 1. The van der Waals surface area contributed by atoms with E-state index < -0.39 is 11.6 Å². The predicted octanol–water partition coefficient (Wildman–Crippen LogP) is 1.96. The molecule has 0 amide bonds. The average Bonchev–Trinajstić information content (AvgIpc) is 2.44. The Labute approximate surface area is 124 Å². The van der Waals surface area contributed by atoms with E-state index in [4.69, 9.17) is 5.11 Å². The summed E-state index contributed by atoms with van der Waals surface area (Å²) < 4.78 is 13.0. The maximum absolute atomic E-state index is 13.0. The molecule has 21 heavy (non-hydrogen) atoms. The van der Waals surface area contributed by atoms with Crippen LogP contribution in [0.25, 0.3) is 0 Å². The van der Waals surface area contributed by atoms with Crippen LogP contribution in [0, 0.1) is 11.7 Å². The summed E-state index contributed by atoms with van der Waals surface area (Å²) in [5, 5.41) is 22.5. The van der Waals surface area contributed by atoms with E-state index in [0.29, 0.717) is 45.2 Å². The largest absolute Gasteiger partial charge is 0.481 e. The molecule has 1 aliphatic rings. The molecule has 3 N–H and O–H groups in total. The SMILES string of the molecule is O=C(O)C1CCC(O)(CNCCc2cccc(F)c2)CC1. The number of carboxylic acids is 1. The van der Waals surface area contributed by atoms with Crippen molar-refractivity contribution in [2.24, 2.45) is 5.92 Å². The lowest BCUT2D eigenvalue weighted by Crippen LogP contribution is -2.44. The summed E-state index contributed by atoms with van der Waals surface area (Å²) in [7, 11) is 0. The summed E-state index contributed by atoms with van der Waals surface area (Å²) in [6.45, 7) is 1.11. The van der Waals surface area contributed by atoms with E-state index in [1.807, 2.05) is 6.07 Å². The number of carboxylic acid groups (broad SMARTS) is 1. The fraction of sp³-hybridized carbons (Fsp3) is 0.562. The number of nitrogens with one attached hydrogen (secondary N) is 1. The van der Waals surface area contributed by atoms with Crippen LogP contribution in [0.15, 0.2) is 24.3 Å². The third kappa shape index (κ3) is 4.79. The van der Waals surface area contributed by atoms with Crippen molar-refractivity contribution in [2.45, 2.75) is 37.7 Å². The molecule has 1 saturated carbocycles. The van der Waals surface area contributed by atoms with Gasteiger partial charge in [0.05, 0.1) is 11.5 Å². The average molecular weight is 295 g/mol. The quantitative estimate of drug-likeness (QED) is 0.702. The van der Waals surface area contributed by atoms with Gasteiger partial charge in [-0.3, -0.25) is 4.79 Å². The molecule has 0 heterocycles. The van der Waals surface area contributed by atoms with Gasteiger partial charge in [0, 0.05) is 6.54 Å². The van der Waals surface area contributed by atoms with E-state index in [1.165, 1.54) is 12.1 Å². The number of aliphatic carboxylic acids is 1. The Kier molecular flexibility index (Phi) is 5.31. The Morgan fingerprint density at radius 2 is 2.10 bits per heavy atom. The van der Waals surface area contributed by atoms with E-state index >= 15 is 0 Å². The maximum Gasteiger partial charge on any atom is 0.306 e. The number of halogens is 1. The first-order valence-corrected chi connectivity index (χ1v) is 7.39. The van der Waals surface area contributed by atoms with Crippen LogP contribution < -0.4 is 5.32 Å². The second-order valence-corrected chi connectivity index (χ2v) is 5.89. The Bertz CT molecular complexity index is 484. The zero-order valence-electron chi connectivity index (χ0n) is 12.0. The van der Waals surface area contributed by atoms with Gasteiger partial charge in [-0.2, -0.15) is 0 Å². The number of hydrogen-bond acceptors (Lipinski definition) is 3. The lowest BCUT2D eigenvalue weighted by Gasteiger charge is -2.34. The molecule has 0 saturated heterocycles. The summed E-state index contributed by atoms with van der Waals surface area (Å²) in [4.78, 5) is 10.9. The van der Waals surface area contributed by atoms with Gasteiger partial charge in [0.1, 0.15) is 5.82 Å². The molecule has 1 aliphatic carbocycles. The molecule has 2 rings (SSSR count). The summed E-state index contributed by atoms with van der Waals surface area (Å²) in [5.41, 5.74) is 0.109. The monoisotopic (exact) mass is 295 g/mol. The number of carbonyl (C=O) groups is 1. The van der Waals surface area contributed by atoms with Crippen molar-refractivity contribution < 1.29 is 19.4 Å². The molecule has 0 bridgehead atoms. The Morgan fingerprint density at radius 1 is 1.38 bits per heavy atom. The van der Waals surface area contributed by atoms with Crippen LogP contribution in [0.1, 0.15) is 31.2 Å². The van der Waals surface area contributed by atoms with Crippen LogP contribution in [-0.2, 0) is 11.2 Å². The van der Waals surface area contributed by atoms with Crippen LogP contribution in [0.4, 0.5) is 4.39 Å². The van der Waals surface area contributed by atoms with Crippen LogP contribution in [0.2, 0.25) is 0 Å². The third-order valence-electron chi connectivity index (χ3n) is 4.20.